The molecule has 3 aromatic heterocycles. The molecule has 1 N–H and O–H groups in total. The number of aliphatic carboxylic acids is 1. The first-order chi connectivity index (χ1) is 22.9. The van der Waals surface area contributed by atoms with Gasteiger partial charge in [-0.15, -0.1) is 11.3 Å². The number of hydrogen-bond acceptors (Lipinski definition) is 7. The van der Waals surface area contributed by atoms with Gasteiger partial charge in [-0.05, 0) is 67.3 Å². The number of aromatic nitrogens is 3. The van der Waals surface area contributed by atoms with Crippen molar-refractivity contribution in [2.45, 2.75) is 52.0 Å². The fourth-order valence-electron chi connectivity index (χ4n) is 7.55. The molecule has 2 aromatic carbocycles. The standard InChI is InChI=1S/C37H41N5O4S/c1-24-29(11-12-32(43)44)25(2)39-35-33(24)30-5-3-4-6-31(30)42(35)23-26-7-9-27(10-8-26)34(28-13-20-46-21-14-28)36(45)40-16-18-41(19-17-40)37-38-15-22-47-37/h3-10,15,22,28,34H,11-14,16-21,23H2,1-2H3,(H,43,44). The number of nitrogens with zero attached hydrogens (tertiary/aromatic N) is 5. The zero-order chi connectivity index (χ0) is 32.5. The van der Waals surface area contributed by atoms with Gasteiger partial charge < -0.3 is 24.2 Å². The molecule has 244 valence electrons. The van der Waals surface area contributed by atoms with Crippen molar-refractivity contribution in [3.8, 4) is 0 Å². The molecule has 10 heteroatoms. The smallest absolute Gasteiger partial charge is 0.303 e. The second kappa shape index (κ2) is 13.4. The van der Waals surface area contributed by atoms with E-state index in [1.54, 1.807) is 11.3 Å². The number of para-hydroxylation sites is 1. The molecule has 2 fully saturated rings. The Kier molecular flexibility index (Phi) is 8.96. The van der Waals surface area contributed by atoms with Crippen LogP contribution in [0.3, 0.4) is 0 Å². The number of benzene rings is 2. The van der Waals surface area contributed by atoms with Crippen molar-refractivity contribution in [2.75, 3.05) is 44.3 Å². The molecule has 47 heavy (non-hydrogen) atoms. The molecule has 1 atom stereocenters. The van der Waals surface area contributed by atoms with E-state index >= 15 is 0 Å². The zero-order valence-electron chi connectivity index (χ0n) is 27.0. The molecule has 5 aromatic rings. The van der Waals surface area contributed by atoms with Crippen molar-refractivity contribution in [1.82, 2.24) is 19.4 Å². The number of pyridine rings is 1. The van der Waals surface area contributed by atoms with Crippen LogP contribution in [0.5, 0.6) is 0 Å². The van der Waals surface area contributed by atoms with Gasteiger partial charge in [-0.2, -0.15) is 0 Å². The van der Waals surface area contributed by atoms with Crippen LogP contribution < -0.4 is 4.90 Å². The quantitative estimate of drug-likeness (QED) is 0.203. The van der Waals surface area contributed by atoms with Crippen LogP contribution in [0, 0.1) is 19.8 Å². The molecule has 7 rings (SSSR count). The highest BCUT2D eigenvalue weighted by Gasteiger charge is 2.35. The summed E-state index contributed by atoms with van der Waals surface area (Å²) in [6, 6.07) is 17.0. The maximum Gasteiger partial charge on any atom is 0.303 e. The Balaban J connectivity index is 1.16. The summed E-state index contributed by atoms with van der Waals surface area (Å²) >= 11 is 1.65. The van der Waals surface area contributed by atoms with Crippen molar-refractivity contribution in [3.05, 3.63) is 88.1 Å². The van der Waals surface area contributed by atoms with Gasteiger partial charge in [0.25, 0.3) is 0 Å². The number of fused-ring (bicyclic) bond motifs is 3. The Morgan fingerprint density at radius 2 is 1.77 bits per heavy atom. The maximum atomic E-state index is 14.2. The van der Waals surface area contributed by atoms with Gasteiger partial charge in [0.2, 0.25) is 5.91 Å². The summed E-state index contributed by atoms with van der Waals surface area (Å²) in [4.78, 5) is 39.4. The van der Waals surface area contributed by atoms with Crippen LogP contribution in [-0.4, -0.2) is 75.8 Å². The molecule has 2 aliphatic heterocycles. The first kappa shape index (κ1) is 31.3. The van der Waals surface area contributed by atoms with Crippen molar-refractivity contribution in [3.63, 3.8) is 0 Å². The number of amides is 1. The van der Waals surface area contributed by atoms with E-state index in [4.69, 9.17) is 9.72 Å². The Morgan fingerprint density at radius 1 is 1.02 bits per heavy atom. The van der Waals surface area contributed by atoms with Gasteiger partial charge >= 0.3 is 5.97 Å². The van der Waals surface area contributed by atoms with Crippen LogP contribution in [0.4, 0.5) is 5.13 Å². The van der Waals surface area contributed by atoms with Gasteiger partial charge in [-0.1, -0.05) is 42.5 Å². The van der Waals surface area contributed by atoms with Gasteiger partial charge in [0.05, 0.1) is 11.4 Å². The normalized spacial score (nSPS) is 16.6. The summed E-state index contributed by atoms with van der Waals surface area (Å²) in [5.41, 5.74) is 7.22. The Hall–Kier alpha value is -4.28. The fraction of sp³-hybridized carbons (Fsp3) is 0.405. The van der Waals surface area contributed by atoms with Crippen molar-refractivity contribution in [2.24, 2.45) is 5.92 Å². The second-order valence-electron chi connectivity index (χ2n) is 12.8. The summed E-state index contributed by atoms with van der Waals surface area (Å²) < 4.78 is 7.96. The lowest BCUT2D eigenvalue weighted by Gasteiger charge is -2.38. The van der Waals surface area contributed by atoms with E-state index in [9.17, 15) is 14.7 Å². The van der Waals surface area contributed by atoms with E-state index in [0.29, 0.717) is 39.3 Å². The zero-order valence-corrected chi connectivity index (χ0v) is 27.8. The van der Waals surface area contributed by atoms with Crippen LogP contribution >= 0.6 is 11.3 Å². The van der Waals surface area contributed by atoms with Crippen LogP contribution in [0.2, 0.25) is 0 Å². The molecule has 2 saturated heterocycles. The highest BCUT2D eigenvalue weighted by Crippen LogP contribution is 2.36. The largest absolute Gasteiger partial charge is 0.481 e. The first-order valence-corrected chi connectivity index (χ1v) is 17.5. The molecule has 0 spiro atoms. The number of carboxylic acids is 1. The summed E-state index contributed by atoms with van der Waals surface area (Å²) in [6.45, 7) is 9.10. The summed E-state index contributed by atoms with van der Waals surface area (Å²) in [5.74, 6) is -0.518. The lowest BCUT2D eigenvalue weighted by Crippen LogP contribution is -2.51. The van der Waals surface area contributed by atoms with E-state index in [1.165, 1.54) is 0 Å². The lowest BCUT2D eigenvalue weighted by atomic mass is 9.80. The average molecular weight is 652 g/mol. The van der Waals surface area contributed by atoms with Gasteiger partial charge in [0.1, 0.15) is 5.65 Å². The predicted molar refractivity (Wildman–Crippen MR) is 185 cm³/mol. The molecule has 0 radical (unpaired) electrons. The first-order valence-electron chi connectivity index (χ1n) is 16.6. The molecule has 5 heterocycles. The van der Waals surface area contributed by atoms with Crippen LogP contribution in [0.15, 0.2) is 60.1 Å². The molecular weight excluding hydrogens is 611 g/mol. The number of ether oxygens (including phenoxy) is 1. The van der Waals surface area contributed by atoms with Gasteiger partial charge in [-0.25, -0.2) is 9.97 Å². The lowest BCUT2D eigenvalue weighted by molar-refractivity contribution is -0.137. The van der Waals surface area contributed by atoms with Gasteiger partial charge in [-0.3, -0.25) is 9.59 Å². The third kappa shape index (κ3) is 6.24. The number of carboxylic acid groups (broad SMARTS) is 1. The Bertz CT molecular complexity index is 1890. The fourth-order valence-corrected chi connectivity index (χ4v) is 8.25. The minimum atomic E-state index is -0.801. The van der Waals surface area contributed by atoms with Crippen LogP contribution in [0.1, 0.15) is 53.1 Å². The van der Waals surface area contributed by atoms with E-state index in [-0.39, 0.29) is 24.2 Å². The predicted octanol–water partition coefficient (Wildman–Crippen LogP) is 6.19. The van der Waals surface area contributed by atoms with Gasteiger partial charge in [0.15, 0.2) is 5.13 Å². The van der Waals surface area contributed by atoms with E-state index in [1.807, 2.05) is 24.6 Å². The number of thiazole rings is 1. The highest BCUT2D eigenvalue weighted by molar-refractivity contribution is 7.13. The number of rotatable bonds is 9. The number of carbonyl (C=O) groups is 2. The monoisotopic (exact) mass is 651 g/mol. The number of carbonyl (C=O) groups excluding carboxylic acids is 1. The second-order valence-corrected chi connectivity index (χ2v) is 13.7. The number of hydrogen-bond donors (Lipinski definition) is 1. The third-order valence-electron chi connectivity index (χ3n) is 10.0. The topological polar surface area (TPSA) is 101 Å². The number of aryl methyl sites for hydroxylation is 2. The maximum absolute atomic E-state index is 14.2. The Labute approximate surface area is 278 Å². The molecular formula is C37H41N5O4S. The van der Waals surface area contributed by atoms with Gasteiger partial charge in [0, 0.05) is 80.4 Å². The van der Waals surface area contributed by atoms with Crippen LogP contribution in [-0.2, 0) is 27.3 Å². The molecule has 2 aliphatic rings. The molecule has 1 amide bonds. The molecule has 0 aliphatic carbocycles. The summed E-state index contributed by atoms with van der Waals surface area (Å²) in [5, 5.41) is 14.6. The van der Waals surface area contributed by atoms with E-state index in [2.05, 4.69) is 68.7 Å². The average Bonchev–Trinajstić information content (AvgIpc) is 3.73. The molecule has 0 bridgehead atoms. The molecule has 9 nitrogen and oxygen atoms in total. The minimum Gasteiger partial charge on any atom is -0.481 e. The van der Waals surface area contributed by atoms with E-state index in [0.717, 1.165) is 80.9 Å². The van der Waals surface area contributed by atoms with Crippen molar-refractivity contribution < 1.29 is 19.4 Å². The van der Waals surface area contributed by atoms with Crippen LogP contribution in [0.25, 0.3) is 21.9 Å². The molecule has 0 saturated carbocycles. The molecule has 1 unspecified atom stereocenters. The van der Waals surface area contributed by atoms with Crippen molar-refractivity contribution in [1.29, 1.82) is 0 Å². The Morgan fingerprint density at radius 3 is 2.47 bits per heavy atom. The SMILES string of the molecule is Cc1nc2c(c(C)c1CCC(=O)O)c1ccccc1n2Cc1ccc(C(C(=O)N2CCN(c3nccs3)CC2)C2CCOCC2)cc1. The highest BCUT2D eigenvalue weighted by atomic mass is 32.1. The van der Waals surface area contributed by atoms with Crippen molar-refractivity contribution >= 4 is 50.3 Å². The number of anilines is 1. The number of piperazine rings is 1. The summed E-state index contributed by atoms with van der Waals surface area (Å²) in [7, 11) is 0. The minimum absolute atomic E-state index is 0.0834. The van der Waals surface area contributed by atoms with E-state index < -0.39 is 5.97 Å². The third-order valence-corrected chi connectivity index (χ3v) is 10.9. The summed E-state index contributed by atoms with van der Waals surface area (Å²) in [6.07, 6.45) is 4.16.